The Hall–Kier alpha value is -1.40. The van der Waals surface area contributed by atoms with E-state index in [4.69, 9.17) is 9.84 Å². The van der Waals surface area contributed by atoms with Crippen molar-refractivity contribution in [1.29, 1.82) is 0 Å². The van der Waals surface area contributed by atoms with Crippen LogP contribution in [-0.2, 0) is 20.7 Å². The van der Waals surface area contributed by atoms with Crippen LogP contribution < -0.4 is 0 Å². The van der Waals surface area contributed by atoms with Gasteiger partial charge in [0.1, 0.15) is 0 Å². The van der Waals surface area contributed by atoms with E-state index in [2.05, 4.69) is 0 Å². The number of carbonyl (C=O) groups excluding carboxylic acids is 1. The van der Waals surface area contributed by atoms with Gasteiger partial charge in [-0.3, -0.25) is 9.59 Å². The molecular formula is C12H17NO4S. The van der Waals surface area contributed by atoms with Gasteiger partial charge < -0.3 is 14.7 Å². The van der Waals surface area contributed by atoms with E-state index in [9.17, 15) is 9.59 Å². The minimum Gasteiger partial charge on any atom is -0.481 e. The molecule has 0 radical (unpaired) electrons. The fraction of sp³-hybridized carbons (Fsp3) is 0.500. The van der Waals surface area contributed by atoms with Gasteiger partial charge in [0.05, 0.1) is 19.4 Å². The molecule has 1 aromatic heterocycles. The summed E-state index contributed by atoms with van der Waals surface area (Å²) in [5.41, 5.74) is 0. The molecule has 6 heteroatoms. The van der Waals surface area contributed by atoms with E-state index in [-0.39, 0.29) is 18.9 Å². The van der Waals surface area contributed by atoms with Crippen molar-refractivity contribution < 1.29 is 19.4 Å². The van der Waals surface area contributed by atoms with Crippen LogP contribution in [0.15, 0.2) is 17.5 Å². The van der Waals surface area contributed by atoms with Crippen molar-refractivity contribution in [3.63, 3.8) is 0 Å². The molecule has 1 rings (SSSR count). The first-order chi connectivity index (χ1) is 8.63. The van der Waals surface area contributed by atoms with Gasteiger partial charge in [0.2, 0.25) is 5.91 Å². The molecule has 1 aromatic rings. The molecule has 100 valence electrons. The van der Waals surface area contributed by atoms with Gasteiger partial charge in [-0.15, -0.1) is 11.3 Å². The van der Waals surface area contributed by atoms with Gasteiger partial charge in [0.25, 0.3) is 0 Å². The Morgan fingerprint density at radius 1 is 1.44 bits per heavy atom. The number of ether oxygens (including phenoxy) is 1. The third kappa shape index (κ3) is 5.29. The maximum Gasteiger partial charge on any atom is 0.305 e. The minimum atomic E-state index is -0.902. The van der Waals surface area contributed by atoms with Crippen molar-refractivity contribution in [1.82, 2.24) is 4.90 Å². The zero-order chi connectivity index (χ0) is 13.4. The minimum absolute atomic E-state index is 0.0418. The van der Waals surface area contributed by atoms with Crippen molar-refractivity contribution in [2.45, 2.75) is 12.8 Å². The first-order valence-electron chi connectivity index (χ1n) is 5.64. The molecule has 0 saturated heterocycles. The lowest BCUT2D eigenvalue weighted by Gasteiger charge is -2.21. The van der Waals surface area contributed by atoms with E-state index in [0.717, 1.165) is 4.88 Å². The van der Waals surface area contributed by atoms with Crippen LogP contribution >= 0.6 is 11.3 Å². The fourth-order valence-corrected chi connectivity index (χ4v) is 2.16. The first kappa shape index (κ1) is 14.7. The summed E-state index contributed by atoms with van der Waals surface area (Å²) in [5, 5.41) is 10.6. The summed E-state index contributed by atoms with van der Waals surface area (Å²) in [6.07, 6.45) is 0.279. The summed E-state index contributed by atoms with van der Waals surface area (Å²) in [6, 6.07) is 3.79. The molecule has 18 heavy (non-hydrogen) atoms. The van der Waals surface area contributed by atoms with Crippen molar-refractivity contribution in [3.05, 3.63) is 22.4 Å². The van der Waals surface area contributed by atoms with E-state index in [1.165, 1.54) is 16.2 Å². The number of methoxy groups -OCH3 is 1. The first-order valence-corrected chi connectivity index (χ1v) is 6.52. The van der Waals surface area contributed by atoms with Crippen LogP contribution in [0.4, 0.5) is 0 Å². The van der Waals surface area contributed by atoms with Gasteiger partial charge in [0, 0.05) is 25.1 Å². The molecular weight excluding hydrogens is 254 g/mol. The second-order valence-corrected chi connectivity index (χ2v) is 4.81. The highest BCUT2D eigenvalue weighted by atomic mass is 32.1. The molecule has 1 N–H and O–H groups in total. The number of amides is 1. The topological polar surface area (TPSA) is 66.8 Å². The van der Waals surface area contributed by atoms with Gasteiger partial charge in [-0.2, -0.15) is 0 Å². The van der Waals surface area contributed by atoms with E-state index in [0.29, 0.717) is 19.6 Å². The van der Waals surface area contributed by atoms with Crippen LogP contribution in [0.1, 0.15) is 11.3 Å². The molecule has 0 saturated carbocycles. The van der Waals surface area contributed by atoms with Gasteiger partial charge >= 0.3 is 5.97 Å². The smallest absolute Gasteiger partial charge is 0.305 e. The molecule has 0 fully saturated rings. The van der Waals surface area contributed by atoms with Crippen LogP contribution in [-0.4, -0.2) is 48.7 Å². The lowest BCUT2D eigenvalue weighted by molar-refractivity contribution is -0.138. The zero-order valence-corrected chi connectivity index (χ0v) is 11.1. The maximum atomic E-state index is 12.0. The Bertz CT molecular complexity index is 377. The molecule has 0 aromatic carbocycles. The molecule has 0 aliphatic carbocycles. The predicted molar refractivity (Wildman–Crippen MR) is 68.7 cm³/mol. The van der Waals surface area contributed by atoms with E-state index < -0.39 is 5.97 Å². The third-order valence-corrected chi connectivity index (χ3v) is 3.30. The number of carboxylic acids is 1. The van der Waals surface area contributed by atoms with E-state index in [1.807, 2.05) is 17.5 Å². The number of carbonyl (C=O) groups is 2. The fourth-order valence-electron chi connectivity index (χ4n) is 1.47. The number of nitrogens with zero attached hydrogens (tertiary/aromatic N) is 1. The van der Waals surface area contributed by atoms with Gasteiger partial charge in [-0.25, -0.2) is 0 Å². The Balaban J connectivity index is 2.51. The average molecular weight is 271 g/mol. The number of carboxylic acid groups (broad SMARTS) is 1. The molecule has 1 amide bonds. The molecule has 0 aliphatic heterocycles. The van der Waals surface area contributed by atoms with E-state index in [1.54, 1.807) is 7.11 Å². The SMILES string of the molecule is COCCN(CCC(=O)O)C(=O)Cc1cccs1. The van der Waals surface area contributed by atoms with Crippen LogP contribution in [0, 0.1) is 0 Å². The molecule has 0 aliphatic rings. The summed E-state index contributed by atoms with van der Waals surface area (Å²) in [4.78, 5) is 25.1. The van der Waals surface area contributed by atoms with Crippen LogP contribution in [0.5, 0.6) is 0 Å². The number of hydrogen-bond donors (Lipinski definition) is 1. The summed E-state index contributed by atoms with van der Waals surface area (Å²) in [5.74, 6) is -0.961. The quantitative estimate of drug-likeness (QED) is 0.772. The highest BCUT2D eigenvalue weighted by molar-refractivity contribution is 7.10. The van der Waals surface area contributed by atoms with Gasteiger partial charge in [-0.05, 0) is 11.4 Å². The largest absolute Gasteiger partial charge is 0.481 e. The Kier molecular flexibility index (Phi) is 6.38. The molecule has 0 bridgehead atoms. The average Bonchev–Trinajstić information content (AvgIpc) is 2.81. The van der Waals surface area contributed by atoms with Crippen molar-refractivity contribution in [2.75, 3.05) is 26.8 Å². The third-order valence-electron chi connectivity index (χ3n) is 2.42. The summed E-state index contributed by atoms with van der Waals surface area (Å²) < 4.78 is 4.93. The predicted octanol–water partition coefficient (Wildman–Crippen LogP) is 1.24. The van der Waals surface area contributed by atoms with Crippen molar-refractivity contribution in [3.8, 4) is 0 Å². The summed E-state index contributed by atoms with van der Waals surface area (Å²) in [6.45, 7) is 1.06. The number of thiophene rings is 1. The Morgan fingerprint density at radius 2 is 2.22 bits per heavy atom. The van der Waals surface area contributed by atoms with Crippen molar-refractivity contribution in [2.24, 2.45) is 0 Å². The molecule has 0 atom stereocenters. The van der Waals surface area contributed by atoms with Crippen LogP contribution in [0.2, 0.25) is 0 Å². The number of aliphatic carboxylic acids is 1. The second kappa shape index (κ2) is 7.84. The maximum absolute atomic E-state index is 12.0. The normalized spacial score (nSPS) is 10.3. The van der Waals surface area contributed by atoms with Gasteiger partial charge in [0.15, 0.2) is 0 Å². The molecule has 1 heterocycles. The van der Waals surface area contributed by atoms with Crippen LogP contribution in [0.3, 0.4) is 0 Å². The summed E-state index contributed by atoms with van der Waals surface area (Å²) >= 11 is 1.52. The summed E-state index contributed by atoms with van der Waals surface area (Å²) in [7, 11) is 1.55. The molecule has 0 spiro atoms. The second-order valence-electron chi connectivity index (χ2n) is 3.77. The molecule has 0 unspecified atom stereocenters. The highest BCUT2D eigenvalue weighted by Crippen LogP contribution is 2.10. The Morgan fingerprint density at radius 3 is 2.78 bits per heavy atom. The van der Waals surface area contributed by atoms with Crippen LogP contribution in [0.25, 0.3) is 0 Å². The lowest BCUT2D eigenvalue weighted by atomic mass is 10.3. The monoisotopic (exact) mass is 271 g/mol. The number of hydrogen-bond acceptors (Lipinski definition) is 4. The van der Waals surface area contributed by atoms with Gasteiger partial charge in [-0.1, -0.05) is 6.07 Å². The van der Waals surface area contributed by atoms with Crippen molar-refractivity contribution >= 4 is 23.2 Å². The van der Waals surface area contributed by atoms with E-state index >= 15 is 0 Å². The standard InChI is InChI=1S/C12H17NO4S/c1-17-7-6-13(5-4-12(15)16)11(14)9-10-3-2-8-18-10/h2-3,8H,4-7,9H2,1H3,(H,15,16). The highest BCUT2D eigenvalue weighted by Gasteiger charge is 2.15. The number of rotatable bonds is 8. The molecule has 5 nitrogen and oxygen atoms in total. The Labute approximate surface area is 110 Å². The lowest BCUT2D eigenvalue weighted by Crippen LogP contribution is -2.36. The zero-order valence-electron chi connectivity index (χ0n) is 10.3.